The lowest BCUT2D eigenvalue weighted by molar-refractivity contribution is 1.07. The van der Waals surface area contributed by atoms with Crippen LogP contribution in [0.5, 0.6) is 0 Å². The fourth-order valence-electron chi connectivity index (χ4n) is 7.00. The number of rotatable bonds is 7. The Kier molecular flexibility index (Phi) is 8.57. The van der Waals surface area contributed by atoms with Crippen LogP contribution in [-0.4, -0.2) is 15.0 Å². The Morgan fingerprint density at radius 2 is 0.667 bits per heavy atom. The van der Waals surface area contributed by atoms with Crippen LogP contribution in [0.2, 0.25) is 0 Å². The van der Waals surface area contributed by atoms with Gasteiger partial charge < -0.3 is 0 Å². The van der Waals surface area contributed by atoms with Gasteiger partial charge in [0.25, 0.3) is 0 Å². The first kappa shape index (κ1) is 32.4. The molecule has 0 atom stereocenters. The number of fused-ring (bicyclic) bond motifs is 1. The van der Waals surface area contributed by atoms with Gasteiger partial charge in [0.15, 0.2) is 17.5 Å². The normalized spacial score (nSPS) is 10.9. The standard InChI is InChI=1S/C50H32N4/c51-33-34-18-20-39(21-19-34)44-30-31-45(47-17-8-7-16-46(44)47)42-14-9-15-43(32-42)50-53-48(40-26-22-37(23-27-40)35-10-3-1-4-11-35)52-49(54-50)41-28-24-38(25-29-41)36-12-5-2-6-13-36/h1-32H. The molecule has 0 saturated heterocycles. The van der Waals surface area contributed by atoms with Crippen molar-refractivity contribution in [2.24, 2.45) is 0 Å². The van der Waals surface area contributed by atoms with E-state index in [9.17, 15) is 5.26 Å². The van der Waals surface area contributed by atoms with Gasteiger partial charge in [-0.15, -0.1) is 0 Å². The quantitative estimate of drug-likeness (QED) is 0.167. The minimum atomic E-state index is 0.606. The Morgan fingerprint density at radius 3 is 1.17 bits per heavy atom. The Labute approximate surface area is 314 Å². The average Bonchev–Trinajstić information content (AvgIpc) is 3.26. The van der Waals surface area contributed by atoms with Crippen LogP contribution < -0.4 is 0 Å². The highest BCUT2D eigenvalue weighted by Gasteiger charge is 2.15. The SMILES string of the molecule is N#Cc1ccc(-c2ccc(-c3cccc(-c4nc(-c5ccc(-c6ccccc6)cc5)nc(-c5ccc(-c6ccccc6)cc5)n4)c3)c3ccccc23)cc1. The number of hydrogen-bond acceptors (Lipinski definition) is 4. The van der Waals surface area contributed by atoms with Crippen LogP contribution >= 0.6 is 0 Å². The van der Waals surface area contributed by atoms with Crippen LogP contribution in [0.4, 0.5) is 0 Å². The van der Waals surface area contributed by atoms with E-state index < -0.39 is 0 Å². The van der Waals surface area contributed by atoms with Crippen molar-refractivity contribution in [3.05, 3.63) is 200 Å². The van der Waals surface area contributed by atoms with Gasteiger partial charge in [-0.25, -0.2) is 15.0 Å². The number of benzene rings is 8. The largest absolute Gasteiger partial charge is 0.208 e. The van der Waals surface area contributed by atoms with Gasteiger partial charge in [0.2, 0.25) is 0 Å². The summed E-state index contributed by atoms with van der Waals surface area (Å²) in [4.78, 5) is 15.2. The summed E-state index contributed by atoms with van der Waals surface area (Å²) in [6.07, 6.45) is 0. The molecule has 0 aliphatic carbocycles. The third kappa shape index (κ3) is 6.43. The minimum absolute atomic E-state index is 0.606. The van der Waals surface area contributed by atoms with E-state index in [-0.39, 0.29) is 0 Å². The van der Waals surface area contributed by atoms with Crippen molar-refractivity contribution in [3.8, 4) is 84.7 Å². The van der Waals surface area contributed by atoms with E-state index in [1.54, 1.807) is 0 Å². The van der Waals surface area contributed by atoms with Crippen LogP contribution in [0.3, 0.4) is 0 Å². The van der Waals surface area contributed by atoms with Crippen molar-refractivity contribution in [2.45, 2.75) is 0 Å². The van der Waals surface area contributed by atoms with E-state index in [1.165, 1.54) is 0 Å². The predicted molar refractivity (Wildman–Crippen MR) is 220 cm³/mol. The molecule has 1 heterocycles. The Morgan fingerprint density at radius 1 is 0.296 bits per heavy atom. The number of aromatic nitrogens is 3. The van der Waals surface area contributed by atoms with Crippen molar-refractivity contribution in [3.63, 3.8) is 0 Å². The van der Waals surface area contributed by atoms with E-state index >= 15 is 0 Å². The van der Waals surface area contributed by atoms with Crippen LogP contribution in [0.15, 0.2) is 194 Å². The van der Waals surface area contributed by atoms with Crippen LogP contribution in [0.25, 0.3) is 89.4 Å². The van der Waals surface area contributed by atoms with E-state index in [0.29, 0.717) is 23.0 Å². The Balaban J connectivity index is 1.14. The van der Waals surface area contributed by atoms with Crippen molar-refractivity contribution >= 4 is 10.8 Å². The number of nitriles is 1. The molecule has 0 fully saturated rings. The molecule has 0 radical (unpaired) electrons. The van der Waals surface area contributed by atoms with Gasteiger partial charge in [-0.2, -0.15) is 5.26 Å². The van der Waals surface area contributed by atoms with E-state index in [1.807, 2.05) is 36.4 Å². The summed E-state index contributed by atoms with van der Waals surface area (Å²) in [5, 5.41) is 11.6. The molecular formula is C50H32N4. The van der Waals surface area contributed by atoms with Gasteiger partial charge in [0.1, 0.15) is 0 Å². The summed E-state index contributed by atoms with van der Waals surface area (Å²) in [6.45, 7) is 0. The predicted octanol–water partition coefficient (Wildman–Crippen LogP) is 12.6. The zero-order valence-corrected chi connectivity index (χ0v) is 29.3. The molecule has 0 saturated carbocycles. The molecule has 252 valence electrons. The molecule has 0 bridgehead atoms. The smallest absolute Gasteiger partial charge is 0.164 e. The molecule has 0 spiro atoms. The van der Waals surface area contributed by atoms with Crippen molar-refractivity contribution in [1.29, 1.82) is 5.26 Å². The Bertz CT molecular complexity index is 2680. The average molecular weight is 689 g/mol. The lowest BCUT2D eigenvalue weighted by Crippen LogP contribution is -2.00. The monoisotopic (exact) mass is 688 g/mol. The zero-order chi connectivity index (χ0) is 36.3. The molecule has 9 rings (SSSR count). The number of nitrogens with zero attached hydrogens (tertiary/aromatic N) is 4. The fourth-order valence-corrected chi connectivity index (χ4v) is 7.00. The van der Waals surface area contributed by atoms with Crippen molar-refractivity contribution in [2.75, 3.05) is 0 Å². The fraction of sp³-hybridized carbons (Fsp3) is 0. The summed E-state index contributed by atoms with van der Waals surface area (Å²) in [5.74, 6) is 1.84. The molecule has 0 unspecified atom stereocenters. The summed E-state index contributed by atoms with van der Waals surface area (Å²) < 4.78 is 0. The van der Waals surface area contributed by atoms with Gasteiger partial charge in [0, 0.05) is 16.7 Å². The molecule has 9 aromatic rings. The minimum Gasteiger partial charge on any atom is -0.208 e. The Hall–Kier alpha value is -7.48. The number of hydrogen-bond donors (Lipinski definition) is 0. The lowest BCUT2D eigenvalue weighted by atomic mass is 9.91. The molecule has 54 heavy (non-hydrogen) atoms. The van der Waals surface area contributed by atoms with Gasteiger partial charge in [-0.1, -0.05) is 176 Å². The van der Waals surface area contributed by atoms with Crippen LogP contribution in [-0.2, 0) is 0 Å². The summed E-state index contributed by atoms with van der Waals surface area (Å²) in [5.41, 5.74) is 12.4. The van der Waals surface area contributed by atoms with Crippen LogP contribution in [0, 0.1) is 11.3 Å². The molecule has 4 nitrogen and oxygen atoms in total. The third-order valence-electron chi connectivity index (χ3n) is 9.82. The first-order chi connectivity index (χ1) is 26.7. The summed E-state index contributed by atoms with van der Waals surface area (Å²) in [7, 11) is 0. The second-order valence-electron chi connectivity index (χ2n) is 13.2. The highest BCUT2D eigenvalue weighted by atomic mass is 15.0. The van der Waals surface area contributed by atoms with Gasteiger partial charge in [0.05, 0.1) is 11.6 Å². The maximum absolute atomic E-state index is 9.32. The summed E-state index contributed by atoms with van der Waals surface area (Å²) >= 11 is 0. The highest BCUT2D eigenvalue weighted by Crippen LogP contribution is 2.37. The maximum atomic E-state index is 9.32. The third-order valence-corrected chi connectivity index (χ3v) is 9.82. The molecule has 8 aromatic carbocycles. The maximum Gasteiger partial charge on any atom is 0.164 e. The van der Waals surface area contributed by atoms with Crippen molar-refractivity contribution < 1.29 is 0 Å². The van der Waals surface area contributed by atoms with Gasteiger partial charge in [-0.05, 0) is 73.5 Å². The van der Waals surface area contributed by atoms with Gasteiger partial charge >= 0.3 is 0 Å². The van der Waals surface area contributed by atoms with E-state index in [0.717, 1.165) is 72.0 Å². The second kappa shape index (κ2) is 14.3. The first-order valence-electron chi connectivity index (χ1n) is 17.9. The molecule has 4 heteroatoms. The van der Waals surface area contributed by atoms with Crippen molar-refractivity contribution in [1.82, 2.24) is 15.0 Å². The molecule has 0 aliphatic rings. The molecule has 0 aliphatic heterocycles. The van der Waals surface area contributed by atoms with E-state index in [4.69, 9.17) is 15.0 Å². The summed E-state index contributed by atoms with van der Waals surface area (Å²) in [6, 6.07) is 68.8. The first-order valence-corrected chi connectivity index (χ1v) is 17.9. The molecule has 1 aromatic heterocycles. The molecule has 0 N–H and O–H groups in total. The highest BCUT2D eigenvalue weighted by molar-refractivity contribution is 6.05. The molecular weight excluding hydrogens is 657 g/mol. The van der Waals surface area contributed by atoms with Gasteiger partial charge in [-0.3, -0.25) is 0 Å². The topological polar surface area (TPSA) is 62.5 Å². The lowest BCUT2D eigenvalue weighted by Gasteiger charge is -2.13. The second-order valence-corrected chi connectivity index (χ2v) is 13.2. The van der Waals surface area contributed by atoms with E-state index in [2.05, 4.69) is 164 Å². The zero-order valence-electron chi connectivity index (χ0n) is 29.3. The van der Waals surface area contributed by atoms with Crippen LogP contribution in [0.1, 0.15) is 5.56 Å². The molecule has 0 amide bonds.